The predicted molar refractivity (Wildman–Crippen MR) is 85.4 cm³/mol. The minimum Gasteiger partial charge on any atom is -0.508 e. The summed E-state index contributed by atoms with van der Waals surface area (Å²) in [4.78, 5) is 2.54. The van der Waals surface area contributed by atoms with Gasteiger partial charge in [0, 0.05) is 32.2 Å². The summed E-state index contributed by atoms with van der Waals surface area (Å²) in [6.07, 6.45) is 1.20. The van der Waals surface area contributed by atoms with Gasteiger partial charge in [-0.1, -0.05) is 26.0 Å². The smallest absolute Gasteiger partial charge is 0.115 e. The summed E-state index contributed by atoms with van der Waals surface area (Å²) >= 11 is 0. The van der Waals surface area contributed by atoms with E-state index in [1.165, 1.54) is 6.42 Å². The van der Waals surface area contributed by atoms with Crippen LogP contribution in [-0.2, 0) is 11.3 Å². The minimum absolute atomic E-state index is 0.334. The molecule has 4 heteroatoms. The standard InChI is InChI=1S/C17H28N2O2/c1-14(2)10-16(19-6-8-21-9-7-19)13-18-12-15-4-3-5-17(20)11-15/h3-5,11,14,16,18,20H,6-10,12-13H2,1-2H3. The van der Waals surface area contributed by atoms with Crippen molar-refractivity contribution in [2.24, 2.45) is 5.92 Å². The Morgan fingerprint density at radius 2 is 2.05 bits per heavy atom. The number of phenolic OH excluding ortho intramolecular Hbond substituents is 1. The molecule has 0 aromatic heterocycles. The van der Waals surface area contributed by atoms with E-state index in [0.29, 0.717) is 17.7 Å². The van der Waals surface area contributed by atoms with E-state index in [1.54, 1.807) is 6.07 Å². The molecule has 0 bridgehead atoms. The first-order valence-electron chi connectivity index (χ1n) is 7.95. The second-order valence-electron chi connectivity index (χ2n) is 6.23. The van der Waals surface area contributed by atoms with Crippen LogP contribution in [0.1, 0.15) is 25.8 Å². The number of hydrogen-bond donors (Lipinski definition) is 2. The van der Waals surface area contributed by atoms with Crippen molar-refractivity contribution in [2.45, 2.75) is 32.9 Å². The van der Waals surface area contributed by atoms with Crippen LogP contribution in [0.25, 0.3) is 0 Å². The van der Waals surface area contributed by atoms with Crippen LogP contribution in [0.5, 0.6) is 5.75 Å². The van der Waals surface area contributed by atoms with Crippen molar-refractivity contribution in [3.63, 3.8) is 0 Å². The van der Waals surface area contributed by atoms with Gasteiger partial charge in [-0.2, -0.15) is 0 Å². The van der Waals surface area contributed by atoms with E-state index >= 15 is 0 Å². The number of nitrogens with one attached hydrogen (secondary N) is 1. The lowest BCUT2D eigenvalue weighted by Gasteiger charge is -2.35. The first-order chi connectivity index (χ1) is 10.1. The van der Waals surface area contributed by atoms with Crippen molar-refractivity contribution in [3.05, 3.63) is 29.8 Å². The number of aromatic hydroxyl groups is 1. The van der Waals surface area contributed by atoms with E-state index < -0.39 is 0 Å². The number of rotatable bonds is 7. The molecular weight excluding hydrogens is 264 g/mol. The first kappa shape index (κ1) is 16.3. The fourth-order valence-electron chi connectivity index (χ4n) is 2.90. The van der Waals surface area contributed by atoms with Crippen LogP contribution in [0.3, 0.4) is 0 Å². The Kier molecular flexibility index (Phi) is 6.49. The molecule has 2 rings (SSSR count). The highest BCUT2D eigenvalue weighted by atomic mass is 16.5. The van der Waals surface area contributed by atoms with E-state index in [-0.39, 0.29) is 0 Å². The molecule has 4 nitrogen and oxygen atoms in total. The van der Waals surface area contributed by atoms with Crippen molar-refractivity contribution in [2.75, 3.05) is 32.8 Å². The molecule has 0 radical (unpaired) electrons. The Bertz CT molecular complexity index is 417. The van der Waals surface area contributed by atoms with Crippen LogP contribution in [0.4, 0.5) is 0 Å². The molecule has 1 aromatic rings. The first-order valence-corrected chi connectivity index (χ1v) is 7.95. The predicted octanol–water partition coefficient (Wildman–Crippen LogP) is 2.23. The van der Waals surface area contributed by atoms with Gasteiger partial charge in [0.05, 0.1) is 13.2 Å². The maximum absolute atomic E-state index is 9.49. The summed E-state index contributed by atoms with van der Waals surface area (Å²) in [5.41, 5.74) is 1.13. The van der Waals surface area contributed by atoms with E-state index in [9.17, 15) is 5.11 Å². The number of ether oxygens (including phenoxy) is 1. The second-order valence-corrected chi connectivity index (χ2v) is 6.23. The van der Waals surface area contributed by atoms with Gasteiger partial charge in [0.1, 0.15) is 5.75 Å². The van der Waals surface area contributed by atoms with Crippen LogP contribution in [0, 0.1) is 5.92 Å². The van der Waals surface area contributed by atoms with E-state index in [4.69, 9.17) is 4.74 Å². The zero-order chi connectivity index (χ0) is 15.1. The molecule has 2 N–H and O–H groups in total. The molecule has 1 unspecified atom stereocenters. The van der Waals surface area contributed by atoms with Crippen molar-refractivity contribution in [1.82, 2.24) is 10.2 Å². The molecule has 1 saturated heterocycles. The maximum atomic E-state index is 9.49. The van der Waals surface area contributed by atoms with Crippen molar-refractivity contribution < 1.29 is 9.84 Å². The molecule has 1 aromatic carbocycles. The Morgan fingerprint density at radius 3 is 2.71 bits per heavy atom. The van der Waals surface area contributed by atoms with Gasteiger partial charge in [0.2, 0.25) is 0 Å². The third kappa shape index (κ3) is 5.65. The highest BCUT2D eigenvalue weighted by Gasteiger charge is 2.21. The molecule has 1 aliphatic heterocycles. The highest BCUT2D eigenvalue weighted by Crippen LogP contribution is 2.14. The molecule has 0 spiro atoms. The topological polar surface area (TPSA) is 44.7 Å². The lowest BCUT2D eigenvalue weighted by Crippen LogP contribution is -2.48. The highest BCUT2D eigenvalue weighted by molar-refractivity contribution is 5.26. The minimum atomic E-state index is 0.334. The number of phenols is 1. The largest absolute Gasteiger partial charge is 0.508 e. The quantitative estimate of drug-likeness (QED) is 0.809. The second kappa shape index (κ2) is 8.37. The third-order valence-corrected chi connectivity index (χ3v) is 3.93. The Labute approximate surface area is 128 Å². The molecular formula is C17H28N2O2. The Balaban J connectivity index is 1.83. The normalized spacial score (nSPS) is 18.0. The summed E-state index contributed by atoms with van der Waals surface area (Å²) in [5.74, 6) is 1.03. The van der Waals surface area contributed by atoms with Crippen LogP contribution >= 0.6 is 0 Å². The van der Waals surface area contributed by atoms with Crippen molar-refractivity contribution in [1.29, 1.82) is 0 Å². The molecule has 1 heterocycles. The van der Waals surface area contributed by atoms with Crippen molar-refractivity contribution >= 4 is 0 Å². The Hall–Kier alpha value is -1.10. The van der Waals surface area contributed by atoms with Gasteiger partial charge in [-0.05, 0) is 30.0 Å². The number of nitrogens with zero attached hydrogens (tertiary/aromatic N) is 1. The summed E-state index contributed by atoms with van der Waals surface area (Å²) in [5, 5.41) is 13.0. The summed E-state index contributed by atoms with van der Waals surface area (Å²) in [6.45, 7) is 10.1. The SMILES string of the molecule is CC(C)CC(CNCc1cccc(O)c1)N1CCOCC1. The van der Waals surface area contributed by atoms with Crippen LogP contribution in [0.15, 0.2) is 24.3 Å². The van der Waals surface area contributed by atoms with E-state index in [2.05, 4.69) is 24.1 Å². The van der Waals surface area contributed by atoms with Gasteiger partial charge < -0.3 is 15.2 Å². The molecule has 1 aliphatic rings. The summed E-state index contributed by atoms with van der Waals surface area (Å²) in [6, 6.07) is 8.02. The number of benzene rings is 1. The zero-order valence-corrected chi connectivity index (χ0v) is 13.2. The molecule has 0 saturated carbocycles. The maximum Gasteiger partial charge on any atom is 0.115 e. The molecule has 21 heavy (non-hydrogen) atoms. The number of morpholine rings is 1. The monoisotopic (exact) mass is 292 g/mol. The molecule has 118 valence electrons. The lowest BCUT2D eigenvalue weighted by atomic mass is 10.0. The zero-order valence-electron chi connectivity index (χ0n) is 13.2. The van der Waals surface area contributed by atoms with Gasteiger partial charge in [-0.15, -0.1) is 0 Å². The van der Waals surface area contributed by atoms with Crippen molar-refractivity contribution in [3.8, 4) is 5.75 Å². The van der Waals surface area contributed by atoms with E-state index in [1.807, 2.05) is 18.2 Å². The molecule has 1 fully saturated rings. The average molecular weight is 292 g/mol. The fourth-order valence-corrected chi connectivity index (χ4v) is 2.90. The van der Waals surface area contributed by atoms with Crippen LogP contribution in [-0.4, -0.2) is 48.9 Å². The molecule has 0 aliphatic carbocycles. The molecule has 1 atom stereocenters. The fraction of sp³-hybridized carbons (Fsp3) is 0.647. The summed E-state index contributed by atoms with van der Waals surface area (Å²) < 4.78 is 5.45. The molecule has 0 amide bonds. The van der Waals surface area contributed by atoms with Crippen LogP contribution < -0.4 is 5.32 Å². The number of hydrogen-bond acceptors (Lipinski definition) is 4. The van der Waals surface area contributed by atoms with Crippen LogP contribution in [0.2, 0.25) is 0 Å². The average Bonchev–Trinajstić information content (AvgIpc) is 2.47. The van der Waals surface area contributed by atoms with Gasteiger partial charge in [-0.25, -0.2) is 0 Å². The van der Waals surface area contributed by atoms with Gasteiger partial charge >= 0.3 is 0 Å². The van der Waals surface area contributed by atoms with Gasteiger partial charge in [0.25, 0.3) is 0 Å². The summed E-state index contributed by atoms with van der Waals surface area (Å²) in [7, 11) is 0. The lowest BCUT2D eigenvalue weighted by molar-refractivity contribution is 0.0123. The third-order valence-electron chi connectivity index (χ3n) is 3.93. The van der Waals surface area contributed by atoms with E-state index in [0.717, 1.165) is 45.0 Å². The van der Waals surface area contributed by atoms with Gasteiger partial charge in [-0.3, -0.25) is 4.90 Å². The Morgan fingerprint density at radius 1 is 1.29 bits per heavy atom. The van der Waals surface area contributed by atoms with Gasteiger partial charge in [0.15, 0.2) is 0 Å².